The first-order valence-corrected chi connectivity index (χ1v) is 2.06. The predicted octanol–water partition coefficient (Wildman–Crippen LogP) is -0.436. The van der Waals surface area contributed by atoms with Gasteiger partial charge < -0.3 is 16.2 Å². The smallest absolute Gasteiger partial charge is 0.121 e. The van der Waals surface area contributed by atoms with Crippen LogP contribution < -0.4 is 11.1 Å². The lowest BCUT2D eigenvalue weighted by molar-refractivity contribution is 0.399. The lowest BCUT2D eigenvalue weighted by Crippen LogP contribution is -2.05. The lowest BCUT2D eigenvalue weighted by Gasteiger charge is -1.90. The van der Waals surface area contributed by atoms with Gasteiger partial charge in [0.2, 0.25) is 0 Å². The number of rotatable bonds is 2. The van der Waals surface area contributed by atoms with Crippen LogP contribution in [0.1, 0.15) is 0 Å². The van der Waals surface area contributed by atoms with Gasteiger partial charge in [-0.25, -0.2) is 0 Å². The quantitative estimate of drug-likeness (QED) is 0.414. The van der Waals surface area contributed by atoms with Crippen LogP contribution in [0.2, 0.25) is 0 Å². The summed E-state index contributed by atoms with van der Waals surface area (Å²) in [5, 5.41) is 11.2. The topological polar surface area (TPSA) is 58.3 Å². The van der Waals surface area contributed by atoms with Gasteiger partial charge in [0.15, 0.2) is 0 Å². The molecule has 0 radical (unpaired) electrons. The minimum atomic E-state index is 0.169. The molecule has 0 rings (SSSR count). The van der Waals surface area contributed by atoms with Crippen LogP contribution in [0.3, 0.4) is 0 Å². The lowest BCUT2D eigenvalue weighted by atomic mass is 10.5. The van der Waals surface area contributed by atoms with Crippen molar-refractivity contribution < 1.29 is 5.11 Å². The number of aliphatic hydroxyl groups is 1. The third kappa shape index (κ3) is 3.12. The van der Waals surface area contributed by atoms with Gasteiger partial charge >= 0.3 is 0 Å². The first kappa shape index (κ1) is 6.30. The van der Waals surface area contributed by atoms with Crippen molar-refractivity contribution in [3.05, 3.63) is 12.0 Å². The molecule has 0 saturated carbocycles. The molecule has 0 saturated heterocycles. The van der Waals surface area contributed by atoms with Gasteiger partial charge in [0.25, 0.3) is 0 Å². The first-order valence-electron chi connectivity index (χ1n) is 2.06. The molecule has 3 nitrogen and oxygen atoms in total. The zero-order chi connectivity index (χ0) is 5.70. The van der Waals surface area contributed by atoms with E-state index in [0.29, 0.717) is 0 Å². The van der Waals surface area contributed by atoms with Gasteiger partial charge in [-0.1, -0.05) is 0 Å². The highest BCUT2D eigenvalue weighted by Crippen LogP contribution is 1.75. The largest absolute Gasteiger partial charge is 0.509 e. The summed E-state index contributed by atoms with van der Waals surface area (Å²) >= 11 is 0. The highest BCUT2D eigenvalue weighted by molar-refractivity contribution is 4.88. The van der Waals surface area contributed by atoms with E-state index in [1.54, 1.807) is 7.05 Å². The molecule has 0 aromatic heterocycles. The normalized spacial score (nSPS) is 11.4. The molecule has 0 aliphatic carbocycles. The van der Waals surface area contributed by atoms with E-state index >= 15 is 0 Å². The molecule has 42 valence electrons. The number of hydrogen-bond donors (Lipinski definition) is 3. The zero-order valence-corrected chi connectivity index (χ0v) is 4.31. The average molecular weight is 102 g/mol. The van der Waals surface area contributed by atoms with Crippen LogP contribution in [-0.2, 0) is 0 Å². The van der Waals surface area contributed by atoms with E-state index in [0.717, 1.165) is 0 Å². The predicted molar refractivity (Wildman–Crippen MR) is 28.8 cm³/mol. The second-order valence-electron chi connectivity index (χ2n) is 1.13. The molecule has 0 amide bonds. The van der Waals surface area contributed by atoms with Gasteiger partial charge in [-0.2, -0.15) is 0 Å². The van der Waals surface area contributed by atoms with E-state index < -0.39 is 0 Å². The maximum Gasteiger partial charge on any atom is 0.121 e. The van der Waals surface area contributed by atoms with Crippen LogP contribution in [0, 0.1) is 0 Å². The Labute approximate surface area is 42.8 Å². The minimum Gasteiger partial charge on any atom is -0.509 e. The molecule has 0 bridgehead atoms. The molecule has 0 aromatic carbocycles. The summed E-state index contributed by atoms with van der Waals surface area (Å²) in [6, 6.07) is 0. The van der Waals surface area contributed by atoms with Gasteiger partial charge in [0, 0.05) is 13.2 Å². The van der Waals surface area contributed by atoms with Crippen molar-refractivity contribution in [1.82, 2.24) is 5.32 Å². The van der Waals surface area contributed by atoms with Gasteiger partial charge in [-0.05, 0) is 0 Å². The van der Waals surface area contributed by atoms with Gasteiger partial charge in [-0.3, -0.25) is 0 Å². The Morgan fingerprint density at radius 1 is 2.00 bits per heavy atom. The highest BCUT2D eigenvalue weighted by Gasteiger charge is 1.79. The highest BCUT2D eigenvalue weighted by atomic mass is 16.3. The molecule has 0 fully saturated rings. The fourth-order valence-corrected chi connectivity index (χ4v) is 0.226. The molecular formula is C4H10N2O. The van der Waals surface area contributed by atoms with E-state index in [9.17, 15) is 0 Å². The summed E-state index contributed by atoms with van der Waals surface area (Å²) in [5.74, 6) is 0.169. The van der Waals surface area contributed by atoms with Crippen LogP contribution in [0.5, 0.6) is 0 Å². The Morgan fingerprint density at radius 2 is 2.57 bits per heavy atom. The van der Waals surface area contributed by atoms with Crippen molar-refractivity contribution in [2.75, 3.05) is 13.6 Å². The van der Waals surface area contributed by atoms with Crippen molar-refractivity contribution in [3.8, 4) is 0 Å². The first-order chi connectivity index (χ1) is 3.31. The molecule has 0 aromatic rings. The second kappa shape index (κ2) is 3.49. The molecule has 0 atom stereocenters. The summed E-state index contributed by atoms with van der Waals surface area (Å²) in [5.41, 5.74) is 5.00. The summed E-state index contributed by atoms with van der Waals surface area (Å²) in [6.07, 6.45) is 1.44. The van der Waals surface area contributed by atoms with E-state index in [-0.39, 0.29) is 12.3 Å². The molecule has 0 spiro atoms. The van der Waals surface area contributed by atoms with Crippen molar-refractivity contribution in [1.29, 1.82) is 0 Å². The maximum absolute atomic E-state index is 8.53. The standard InChI is InChI=1S/C4H10N2O/c1-6-3-4(7)2-5/h3,6-7H,2,5H2,1H3/b4-3+. The summed E-state index contributed by atoms with van der Waals surface area (Å²) in [4.78, 5) is 0. The van der Waals surface area contributed by atoms with Crippen LogP contribution in [-0.4, -0.2) is 18.7 Å². The summed E-state index contributed by atoms with van der Waals surface area (Å²) in [6.45, 7) is 0.195. The van der Waals surface area contributed by atoms with Crippen LogP contribution in [0.15, 0.2) is 12.0 Å². The van der Waals surface area contributed by atoms with Gasteiger partial charge in [-0.15, -0.1) is 0 Å². The van der Waals surface area contributed by atoms with E-state index in [1.165, 1.54) is 6.20 Å². The maximum atomic E-state index is 8.53. The zero-order valence-electron chi connectivity index (χ0n) is 4.31. The Hall–Kier alpha value is -0.700. The average Bonchev–Trinajstić information content (AvgIpc) is 1.68. The molecular weight excluding hydrogens is 92.1 g/mol. The van der Waals surface area contributed by atoms with Crippen LogP contribution in [0.4, 0.5) is 0 Å². The van der Waals surface area contributed by atoms with Gasteiger partial charge in [0.05, 0.1) is 6.54 Å². The molecule has 0 heterocycles. The molecule has 0 aliphatic rings. The number of aliphatic hydroxyl groups excluding tert-OH is 1. The third-order valence-electron chi connectivity index (χ3n) is 0.520. The third-order valence-corrected chi connectivity index (χ3v) is 0.520. The molecule has 3 heteroatoms. The summed E-state index contributed by atoms with van der Waals surface area (Å²) < 4.78 is 0. The number of hydrogen-bond acceptors (Lipinski definition) is 3. The van der Waals surface area contributed by atoms with Crippen LogP contribution in [0.25, 0.3) is 0 Å². The van der Waals surface area contributed by atoms with E-state index in [2.05, 4.69) is 5.32 Å². The SMILES string of the molecule is CN/C=C(/O)CN. The van der Waals surface area contributed by atoms with Crippen molar-refractivity contribution >= 4 is 0 Å². The number of nitrogens with one attached hydrogen (secondary N) is 1. The van der Waals surface area contributed by atoms with E-state index in [4.69, 9.17) is 10.8 Å². The molecule has 4 N–H and O–H groups in total. The van der Waals surface area contributed by atoms with Crippen molar-refractivity contribution in [3.63, 3.8) is 0 Å². The molecule has 0 unspecified atom stereocenters. The number of nitrogens with two attached hydrogens (primary N) is 1. The minimum absolute atomic E-state index is 0.169. The molecule has 7 heavy (non-hydrogen) atoms. The second-order valence-corrected chi connectivity index (χ2v) is 1.13. The van der Waals surface area contributed by atoms with E-state index in [1.807, 2.05) is 0 Å². The Balaban J connectivity index is 3.29. The van der Waals surface area contributed by atoms with Crippen LogP contribution >= 0.6 is 0 Å². The summed E-state index contributed by atoms with van der Waals surface area (Å²) in [7, 11) is 1.70. The Morgan fingerprint density at radius 3 is 2.71 bits per heavy atom. The van der Waals surface area contributed by atoms with Crippen molar-refractivity contribution in [2.45, 2.75) is 0 Å². The van der Waals surface area contributed by atoms with Crippen molar-refractivity contribution in [2.24, 2.45) is 5.73 Å². The molecule has 0 aliphatic heterocycles. The Kier molecular flexibility index (Phi) is 3.14. The monoisotopic (exact) mass is 102 g/mol. The fourth-order valence-electron chi connectivity index (χ4n) is 0.226. The Bertz CT molecular complexity index is 70.1. The van der Waals surface area contributed by atoms with Gasteiger partial charge in [0.1, 0.15) is 5.76 Å². The fraction of sp³-hybridized carbons (Fsp3) is 0.500.